The zero-order chi connectivity index (χ0) is 79.9. The summed E-state index contributed by atoms with van der Waals surface area (Å²) >= 11 is 0. The number of aromatic nitrogens is 4. The number of aryl methyl sites for hydroxylation is 1. The van der Waals surface area contributed by atoms with E-state index in [1.54, 1.807) is 30.4 Å². The average Bonchev–Trinajstić information content (AvgIpc) is 1.49. The van der Waals surface area contributed by atoms with Crippen molar-refractivity contribution < 1.29 is 43.2 Å². The molecule has 1 N–H and O–H groups in total. The van der Waals surface area contributed by atoms with Gasteiger partial charge in [-0.1, -0.05) is 146 Å². The molecular weight excluding hydrogens is 1430 g/mol. The first-order valence-electron chi connectivity index (χ1n) is 40.0. The third-order valence-electron chi connectivity index (χ3n) is 20.1. The maximum absolute atomic E-state index is 12.6. The van der Waals surface area contributed by atoms with E-state index in [4.69, 9.17) is 38.6 Å². The van der Waals surface area contributed by atoms with E-state index in [0.29, 0.717) is 43.3 Å². The van der Waals surface area contributed by atoms with Gasteiger partial charge in [0.05, 0.1) is 71.0 Å². The highest BCUT2D eigenvalue weighted by Crippen LogP contribution is 2.45. The Hall–Kier alpha value is -13.0. The van der Waals surface area contributed by atoms with Gasteiger partial charge in [-0.3, -0.25) is 4.79 Å². The van der Waals surface area contributed by atoms with Crippen molar-refractivity contribution in [3.05, 3.63) is 352 Å². The molecule has 0 fully saturated rings. The number of benzene rings is 9. The lowest BCUT2D eigenvalue weighted by molar-refractivity contribution is -0.110. The molecule has 13 heteroatoms. The van der Waals surface area contributed by atoms with Crippen LogP contribution in [0.4, 0.5) is 0 Å². The third-order valence-corrected chi connectivity index (χ3v) is 20.1. The number of pyridine rings is 1. The van der Waals surface area contributed by atoms with E-state index >= 15 is 0 Å². The van der Waals surface area contributed by atoms with Gasteiger partial charge in [-0.05, 0) is 247 Å². The Labute approximate surface area is 675 Å². The monoisotopic (exact) mass is 1520 g/mol. The first-order valence-corrected chi connectivity index (χ1v) is 40.0. The second kappa shape index (κ2) is 42.0. The molecule has 582 valence electrons. The molecule has 3 aliphatic rings. The van der Waals surface area contributed by atoms with Crippen LogP contribution in [0.3, 0.4) is 0 Å². The fraction of sp³-hybridized carbons (Fsp3) is 0.216. The normalized spacial score (nSPS) is 13.8. The molecule has 2 unspecified atom stereocenters. The summed E-state index contributed by atoms with van der Waals surface area (Å²) in [5.41, 5.74) is 15.7. The van der Waals surface area contributed by atoms with Crippen LogP contribution in [-0.2, 0) is 25.5 Å². The van der Waals surface area contributed by atoms with Crippen molar-refractivity contribution in [3.63, 3.8) is 0 Å². The smallest absolute Gasteiger partial charge is 0.338 e. The minimum absolute atomic E-state index is 0.121. The number of esters is 2. The molecule has 2 atom stereocenters. The molecule has 0 spiro atoms. The Balaban J connectivity index is 0.000000144. The van der Waals surface area contributed by atoms with E-state index < -0.39 is 6.10 Å². The first kappa shape index (κ1) is 81.5. The van der Waals surface area contributed by atoms with Crippen LogP contribution in [0, 0.1) is 5.92 Å². The zero-order valence-electron chi connectivity index (χ0n) is 65.5. The number of aliphatic hydroxyl groups is 1. The van der Waals surface area contributed by atoms with Gasteiger partial charge < -0.3 is 33.4 Å². The standard InChI is InChI=1S/C32H34N2O2.C26H23NO2.C26H24O5.C18H19N/c1-3-5-7-11-23-35-27-19-15-25(16-20-27)31-32(34-30-14-10-9-13-29(30)33-31)26-17-21-28(22-18-26)36-24-12-8-6-4-2;1-2-3-4-9-17-29-26(28)20-12-10-11-19(18-20)25-21-13-5-7-15-23(21)27-24-16-8-6-14-22(24)25;1-2-3-4-5-13-30-26(29)18-8-6-7-17(14-18)25-21-11-9-19(27)15-23(21)31-24-16-20(28)10-12-22(24)25;1-2-3-4-9-14-19-17-12-7-5-10-15(17)16-11-6-8-13-18(16)19/h3-4,9-10,13-22H,1-2,5-8,11-12,23-24H2;2,5-8,10-16,18H,1,3-4,9,17H2;2,6-12,14-16,21,23,27H,1,3-5,13H2;2,5-8,10-13H,1,3-4,9,14H2. The molecule has 0 amide bonds. The van der Waals surface area contributed by atoms with Crippen LogP contribution in [0.1, 0.15) is 123 Å². The molecule has 115 heavy (non-hydrogen) atoms. The Kier molecular flexibility index (Phi) is 29.8. The molecule has 0 bridgehead atoms. The zero-order valence-corrected chi connectivity index (χ0v) is 65.5. The van der Waals surface area contributed by atoms with E-state index in [0.717, 1.165) is 185 Å². The molecule has 0 radical (unpaired) electrons. The SMILES string of the molecule is C=CCCCCOC(=O)c1cccc(-c2c3ccccc3nc3ccccc23)c1.C=CCCCCOC(=O)c1cccc(C2=C3C=CC(=O)C=C3OC3C=C(O)C=CC23)c1.C=CCCCCOc1ccc(-c2nc3ccccc3nc2-c2ccc(OCCCCC=C)cc2)cc1.C=CCCCCn1c2ccccc2c2ccccc21. The van der Waals surface area contributed by atoms with Gasteiger partial charge in [0.15, 0.2) is 5.78 Å². The predicted octanol–water partition coefficient (Wildman–Crippen LogP) is 25.2. The second-order valence-corrected chi connectivity index (χ2v) is 28.3. The van der Waals surface area contributed by atoms with Crippen LogP contribution in [-0.4, -0.2) is 74.9 Å². The van der Waals surface area contributed by atoms with Crippen molar-refractivity contribution in [2.45, 2.75) is 109 Å². The van der Waals surface area contributed by atoms with Crippen molar-refractivity contribution in [2.75, 3.05) is 26.4 Å². The van der Waals surface area contributed by atoms with E-state index in [2.05, 4.69) is 122 Å². The van der Waals surface area contributed by atoms with Gasteiger partial charge in [0.2, 0.25) is 0 Å². The van der Waals surface area contributed by atoms with E-state index in [1.165, 1.54) is 46.8 Å². The number of ether oxygens (including phenoxy) is 5. The minimum Gasteiger partial charge on any atom is -0.508 e. The number of allylic oxidation sites excluding steroid dienone is 9. The van der Waals surface area contributed by atoms with Crippen molar-refractivity contribution in [2.24, 2.45) is 5.92 Å². The number of rotatable bonds is 33. The fourth-order valence-corrected chi connectivity index (χ4v) is 14.3. The highest BCUT2D eigenvalue weighted by molar-refractivity contribution is 6.11. The number of carbonyl (C=O) groups is 3. The molecular formula is C102H100N4O9. The minimum atomic E-state index is -0.435. The lowest BCUT2D eigenvalue weighted by atomic mass is 9.78. The number of hydrogen-bond acceptors (Lipinski definition) is 12. The Bertz CT molecular complexity index is 5380. The van der Waals surface area contributed by atoms with Crippen LogP contribution >= 0.6 is 0 Å². The Morgan fingerprint density at radius 1 is 0.435 bits per heavy atom. The summed E-state index contributed by atoms with van der Waals surface area (Å²) in [7, 11) is 0. The van der Waals surface area contributed by atoms with Crippen LogP contribution in [0.5, 0.6) is 11.5 Å². The van der Waals surface area contributed by atoms with Gasteiger partial charge in [0, 0.05) is 73.4 Å². The Morgan fingerprint density at radius 3 is 1.37 bits per heavy atom. The highest BCUT2D eigenvalue weighted by Gasteiger charge is 2.36. The van der Waals surface area contributed by atoms with Gasteiger partial charge in [-0.25, -0.2) is 24.5 Å². The van der Waals surface area contributed by atoms with Gasteiger partial charge in [-0.2, -0.15) is 0 Å². The number of ketones is 1. The van der Waals surface area contributed by atoms with Crippen molar-refractivity contribution in [1.29, 1.82) is 0 Å². The number of aliphatic hydroxyl groups excluding tert-OH is 1. The molecule has 9 aromatic carbocycles. The van der Waals surface area contributed by atoms with Crippen LogP contribution in [0.15, 0.2) is 335 Å². The van der Waals surface area contributed by atoms with E-state index in [1.807, 2.05) is 158 Å². The number of carbonyl (C=O) groups excluding carboxylic acids is 3. The second-order valence-electron chi connectivity index (χ2n) is 28.3. The van der Waals surface area contributed by atoms with E-state index in [-0.39, 0.29) is 29.4 Å². The number of nitrogens with zero attached hydrogens (tertiary/aromatic N) is 4. The van der Waals surface area contributed by atoms with Crippen molar-refractivity contribution >= 4 is 77.9 Å². The van der Waals surface area contributed by atoms with Crippen molar-refractivity contribution in [1.82, 2.24) is 19.5 Å². The average molecular weight is 1530 g/mol. The quantitative estimate of drug-likeness (QED) is 0.0180. The van der Waals surface area contributed by atoms with Crippen LogP contribution in [0.25, 0.3) is 93.9 Å². The molecule has 1 aliphatic heterocycles. The Morgan fingerprint density at radius 2 is 0.870 bits per heavy atom. The van der Waals surface area contributed by atoms with Gasteiger partial charge >= 0.3 is 11.9 Å². The van der Waals surface area contributed by atoms with Gasteiger partial charge in [0.25, 0.3) is 0 Å². The third kappa shape index (κ3) is 21.6. The molecule has 15 rings (SSSR count). The lowest BCUT2D eigenvalue weighted by Crippen LogP contribution is -2.30. The van der Waals surface area contributed by atoms with Gasteiger partial charge in [-0.15, -0.1) is 32.9 Å². The highest BCUT2D eigenvalue weighted by atomic mass is 16.5. The van der Waals surface area contributed by atoms with E-state index in [9.17, 15) is 19.5 Å². The molecule has 13 nitrogen and oxygen atoms in total. The number of fused-ring (bicyclic) bond motifs is 8. The summed E-state index contributed by atoms with van der Waals surface area (Å²) in [4.78, 5) is 51.8. The molecule has 0 saturated carbocycles. The topological polar surface area (TPSA) is 161 Å². The lowest BCUT2D eigenvalue weighted by Gasteiger charge is -2.36. The van der Waals surface area contributed by atoms with Crippen LogP contribution in [0.2, 0.25) is 0 Å². The number of hydrogen-bond donors (Lipinski definition) is 1. The summed E-state index contributed by atoms with van der Waals surface area (Å²) in [6, 6.07) is 72.8. The predicted molar refractivity (Wildman–Crippen MR) is 470 cm³/mol. The molecule has 12 aromatic rings. The fourth-order valence-electron chi connectivity index (χ4n) is 14.3. The van der Waals surface area contributed by atoms with Crippen molar-refractivity contribution in [3.8, 4) is 45.1 Å². The molecule has 0 saturated heterocycles. The molecule has 4 heterocycles. The largest absolute Gasteiger partial charge is 0.508 e. The van der Waals surface area contributed by atoms with Crippen LogP contribution < -0.4 is 9.47 Å². The number of unbranched alkanes of at least 4 members (excludes halogenated alkanes) is 10. The summed E-state index contributed by atoms with van der Waals surface area (Å²) in [5, 5.41) is 14.8. The van der Waals surface area contributed by atoms with Gasteiger partial charge in [0.1, 0.15) is 29.1 Å². The summed E-state index contributed by atoms with van der Waals surface area (Å²) < 4.78 is 31.1. The maximum atomic E-state index is 12.6. The number of para-hydroxylation sites is 6. The first-order chi connectivity index (χ1) is 56.5. The maximum Gasteiger partial charge on any atom is 0.338 e. The molecule has 2 aliphatic carbocycles. The summed E-state index contributed by atoms with van der Waals surface area (Å²) in [5.74, 6) is 1.36. The molecule has 3 aromatic heterocycles. The summed E-state index contributed by atoms with van der Waals surface area (Å²) in [6.07, 6.45) is 34.2. The summed E-state index contributed by atoms with van der Waals surface area (Å²) in [6.45, 7) is 22.0.